The van der Waals surface area contributed by atoms with E-state index in [1.165, 1.54) is 0 Å². The van der Waals surface area contributed by atoms with E-state index < -0.39 is 5.97 Å². The summed E-state index contributed by atoms with van der Waals surface area (Å²) >= 11 is 0. The van der Waals surface area contributed by atoms with E-state index in [0.717, 1.165) is 0 Å². The van der Waals surface area contributed by atoms with Gasteiger partial charge in [0, 0.05) is 22.1 Å². The number of carboxylic acid groups (broad SMARTS) is 1. The van der Waals surface area contributed by atoms with Crippen LogP contribution in [0.25, 0.3) is 0 Å². The summed E-state index contributed by atoms with van der Waals surface area (Å²) in [4.78, 5) is 21.3. The molecule has 0 aromatic heterocycles. The fourth-order valence-electron chi connectivity index (χ4n) is 0.847. The van der Waals surface area contributed by atoms with Crippen molar-refractivity contribution in [3.8, 4) is 0 Å². The SMILES string of the molecule is O=C(O)CNC(=O)c1ccccc1.[Ni]. The second-order valence-electron chi connectivity index (χ2n) is 2.44. The van der Waals surface area contributed by atoms with Gasteiger partial charge in [-0.2, -0.15) is 0 Å². The topological polar surface area (TPSA) is 66.4 Å². The van der Waals surface area contributed by atoms with Crippen molar-refractivity contribution in [2.45, 2.75) is 0 Å². The maximum atomic E-state index is 11.2. The molecule has 5 heteroatoms. The largest absolute Gasteiger partial charge is 0.480 e. The third kappa shape index (κ3) is 4.05. The average molecular weight is 238 g/mol. The number of rotatable bonds is 3. The smallest absolute Gasteiger partial charge is 0.322 e. The minimum Gasteiger partial charge on any atom is -0.480 e. The maximum absolute atomic E-state index is 11.2. The van der Waals surface area contributed by atoms with Crippen LogP contribution in [0.15, 0.2) is 30.3 Å². The van der Waals surface area contributed by atoms with Crippen molar-refractivity contribution < 1.29 is 31.2 Å². The van der Waals surface area contributed by atoms with E-state index in [4.69, 9.17) is 5.11 Å². The molecule has 0 saturated heterocycles. The molecule has 0 aliphatic carbocycles. The standard InChI is InChI=1S/C9H9NO3.Ni/c11-8(12)6-10-9(13)7-4-2-1-3-5-7;/h1-5H,6H2,(H,10,13)(H,11,12);. The Morgan fingerprint density at radius 2 is 1.79 bits per heavy atom. The zero-order valence-corrected chi connectivity index (χ0v) is 8.16. The third-order valence-corrected chi connectivity index (χ3v) is 1.44. The number of aliphatic carboxylic acids is 1. The van der Waals surface area contributed by atoms with Gasteiger partial charge < -0.3 is 10.4 Å². The van der Waals surface area contributed by atoms with Crippen LogP contribution in [0.1, 0.15) is 10.4 Å². The van der Waals surface area contributed by atoms with Gasteiger partial charge in [0.15, 0.2) is 0 Å². The van der Waals surface area contributed by atoms with Crippen LogP contribution in [0.2, 0.25) is 0 Å². The van der Waals surface area contributed by atoms with Crippen LogP contribution >= 0.6 is 0 Å². The van der Waals surface area contributed by atoms with Gasteiger partial charge in [-0.05, 0) is 12.1 Å². The first kappa shape index (κ1) is 12.7. The maximum Gasteiger partial charge on any atom is 0.322 e. The van der Waals surface area contributed by atoms with Gasteiger partial charge in [0.05, 0.1) is 0 Å². The summed E-state index contributed by atoms with van der Waals surface area (Å²) in [6.07, 6.45) is 0. The van der Waals surface area contributed by atoms with Gasteiger partial charge in [-0.3, -0.25) is 9.59 Å². The van der Waals surface area contributed by atoms with Crippen LogP contribution < -0.4 is 5.32 Å². The summed E-state index contributed by atoms with van der Waals surface area (Å²) in [6, 6.07) is 8.47. The molecule has 0 atom stereocenters. The number of carboxylic acids is 1. The Labute approximate surface area is 91.2 Å². The molecule has 0 fully saturated rings. The first-order valence-corrected chi connectivity index (χ1v) is 3.75. The van der Waals surface area contributed by atoms with Gasteiger partial charge in [0.25, 0.3) is 5.91 Å². The van der Waals surface area contributed by atoms with Crippen molar-refractivity contribution >= 4 is 11.9 Å². The van der Waals surface area contributed by atoms with Gasteiger partial charge in [-0.25, -0.2) is 0 Å². The van der Waals surface area contributed by atoms with E-state index in [2.05, 4.69) is 5.32 Å². The summed E-state index contributed by atoms with van der Waals surface area (Å²) in [6.45, 7) is -0.353. The predicted molar refractivity (Wildman–Crippen MR) is 46.4 cm³/mol. The summed E-state index contributed by atoms with van der Waals surface area (Å²) in [5.41, 5.74) is 0.462. The van der Waals surface area contributed by atoms with Crippen LogP contribution in [0.5, 0.6) is 0 Å². The van der Waals surface area contributed by atoms with Crippen LogP contribution in [0.4, 0.5) is 0 Å². The molecule has 0 saturated carbocycles. The minimum absolute atomic E-state index is 0. The monoisotopic (exact) mass is 237 g/mol. The Morgan fingerprint density at radius 1 is 1.21 bits per heavy atom. The molecule has 78 valence electrons. The molecular weight excluding hydrogens is 229 g/mol. The molecule has 1 aromatic rings. The molecule has 0 radical (unpaired) electrons. The Morgan fingerprint density at radius 3 is 2.29 bits per heavy atom. The van der Waals surface area contributed by atoms with Crippen molar-refractivity contribution in [1.29, 1.82) is 0 Å². The number of hydrogen-bond donors (Lipinski definition) is 2. The van der Waals surface area contributed by atoms with E-state index in [1.54, 1.807) is 30.3 Å². The van der Waals surface area contributed by atoms with E-state index in [9.17, 15) is 9.59 Å². The minimum atomic E-state index is -1.05. The Kier molecular flexibility index (Phi) is 5.57. The molecular formula is C9H9NNiO3. The van der Waals surface area contributed by atoms with E-state index in [-0.39, 0.29) is 28.9 Å². The third-order valence-electron chi connectivity index (χ3n) is 1.44. The summed E-state index contributed by atoms with van der Waals surface area (Å²) in [5.74, 6) is -1.42. The Balaban J connectivity index is 0.00000169. The van der Waals surface area contributed by atoms with Gasteiger partial charge in [0.2, 0.25) is 0 Å². The number of hydrogen-bond acceptors (Lipinski definition) is 2. The second-order valence-corrected chi connectivity index (χ2v) is 2.44. The average Bonchev–Trinajstić information content (AvgIpc) is 2.15. The number of carbonyl (C=O) groups is 2. The molecule has 1 rings (SSSR count). The molecule has 0 spiro atoms. The molecule has 14 heavy (non-hydrogen) atoms. The Hall–Kier alpha value is -1.35. The van der Waals surface area contributed by atoms with E-state index >= 15 is 0 Å². The number of amides is 1. The molecule has 0 aliphatic rings. The van der Waals surface area contributed by atoms with Crippen molar-refractivity contribution in [3.63, 3.8) is 0 Å². The predicted octanol–water partition coefficient (Wildman–Crippen LogP) is 0.498. The van der Waals surface area contributed by atoms with Crippen molar-refractivity contribution in [1.82, 2.24) is 5.32 Å². The van der Waals surface area contributed by atoms with Crippen molar-refractivity contribution in [2.24, 2.45) is 0 Å². The summed E-state index contributed by atoms with van der Waals surface area (Å²) in [5, 5.41) is 10.6. The fraction of sp³-hybridized carbons (Fsp3) is 0.111. The molecule has 0 unspecified atom stereocenters. The molecule has 0 aliphatic heterocycles. The fourth-order valence-corrected chi connectivity index (χ4v) is 0.847. The summed E-state index contributed by atoms with van der Waals surface area (Å²) < 4.78 is 0. The molecule has 2 N–H and O–H groups in total. The van der Waals surface area contributed by atoms with Crippen LogP contribution in [0.3, 0.4) is 0 Å². The van der Waals surface area contributed by atoms with Crippen LogP contribution in [-0.2, 0) is 21.3 Å². The molecule has 4 nitrogen and oxygen atoms in total. The first-order valence-electron chi connectivity index (χ1n) is 3.75. The van der Waals surface area contributed by atoms with Gasteiger partial charge in [-0.1, -0.05) is 18.2 Å². The molecule has 0 bridgehead atoms. The Bertz CT molecular complexity index is 313. The number of nitrogens with one attached hydrogen (secondary N) is 1. The van der Waals surface area contributed by atoms with Crippen molar-refractivity contribution in [2.75, 3.05) is 6.54 Å². The van der Waals surface area contributed by atoms with Gasteiger partial charge in [-0.15, -0.1) is 0 Å². The first-order chi connectivity index (χ1) is 6.20. The van der Waals surface area contributed by atoms with Crippen LogP contribution in [-0.4, -0.2) is 23.5 Å². The quantitative estimate of drug-likeness (QED) is 0.753. The number of carbonyl (C=O) groups excluding carboxylic acids is 1. The summed E-state index contributed by atoms with van der Waals surface area (Å²) in [7, 11) is 0. The molecule has 0 heterocycles. The van der Waals surface area contributed by atoms with Crippen LogP contribution in [0, 0.1) is 0 Å². The van der Waals surface area contributed by atoms with Gasteiger partial charge in [0.1, 0.15) is 6.54 Å². The number of benzene rings is 1. The molecule has 1 aromatic carbocycles. The van der Waals surface area contributed by atoms with E-state index in [0.29, 0.717) is 5.56 Å². The molecule has 1 amide bonds. The van der Waals surface area contributed by atoms with Crippen molar-refractivity contribution in [3.05, 3.63) is 35.9 Å². The zero-order chi connectivity index (χ0) is 9.68. The second kappa shape index (κ2) is 6.16. The zero-order valence-electron chi connectivity index (χ0n) is 7.17. The van der Waals surface area contributed by atoms with E-state index in [1.807, 2.05) is 0 Å². The van der Waals surface area contributed by atoms with Gasteiger partial charge >= 0.3 is 5.97 Å². The normalized spacial score (nSPS) is 8.57.